The lowest BCUT2D eigenvalue weighted by molar-refractivity contribution is -0.120. The summed E-state index contributed by atoms with van der Waals surface area (Å²) >= 11 is 6.04. The number of hydrogen-bond acceptors (Lipinski definition) is 2. The van der Waals surface area contributed by atoms with Gasteiger partial charge in [-0.1, -0.05) is 17.7 Å². The van der Waals surface area contributed by atoms with Gasteiger partial charge in [-0.2, -0.15) is 0 Å². The first-order chi connectivity index (χ1) is 8.58. The molecule has 1 atom stereocenters. The number of hydrogen-bond donors (Lipinski definition) is 1. The molecule has 1 unspecified atom stereocenters. The molecule has 1 heterocycles. The van der Waals surface area contributed by atoms with E-state index in [0.717, 1.165) is 24.3 Å². The summed E-state index contributed by atoms with van der Waals surface area (Å²) in [7, 11) is 0. The lowest BCUT2D eigenvalue weighted by atomic mass is 10.2. The van der Waals surface area contributed by atoms with E-state index in [1.54, 1.807) is 6.07 Å². The highest BCUT2D eigenvalue weighted by atomic mass is 35.5. The van der Waals surface area contributed by atoms with Crippen molar-refractivity contribution in [2.75, 3.05) is 18.4 Å². The van der Waals surface area contributed by atoms with Crippen LogP contribution in [0.1, 0.15) is 25.3 Å². The molecule has 1 aliphatic heterocycles. The van der Waals surface area contributed by atoms with Crippen molar-refractivity contribution in [3.05, 3.63) is 28.8 Å². The topological polar surface area (TPSA) is 32.3 Å². The maximum atomic E-state index is 12.1. The normalized spacial score (nSPS) is 16.8. The molecule has 1 fully saturated rings. The molecule has 2 rings (SSSR count). The Kier molecular flexibility index (Phi) is 6.11. The minimum atomic E-state index is -0.0763. The van der Waals surface area contributed by atoms with E-state index in [1.807, 2.05) is 26.0 Å². The van der Waals surface area contributed by atoms with Crippen molar-refractivity contribution < 1.29 is 17.2 Å². The predicted octanol–water partition coefficient (Wildman–Crippen LogP) is 0.0752. The van der Waals surface area contributed by atoms with Crippen molar-refractivity contribution in [2.24, 2.45) is 0 Å². The van der Waals surface area contributed by atoms with E-state index >= 15 is 0 Å². The summed E-state index contributed by atoms with van der Waals surface area (Å²) < 4.78 is 0. The van der Waals surface area contributed by atoms with Gasteiger partial charge in [0.1, 0.15) is 0 Å². The molecular formula is C14H19Cl2N2O-. The molecule has 5 heteroatoms. The molecule has 0 aliphatic carbocycles. The van der Waals surface area contributed by atoms with Gasteiger partial charge in [0.2, 0.25) is 5.91 Å². The van der Waals surface area contributed by atoms with E-state index in [0.29, 0.717) is 5.02 Å². The average Bonchev–Trinajstić information content (AvgIpc) is 2.86. The van der Waals surface area contributed by atoms with Crippen molar-refractivity contribution in [1.82, 2.24) is 4.90 Å². The fraction of sp³-hybridized carbons (Fsp3) is 0.500. The number of anilines is 1. The Labute approximate surface area is 125 Å². The Hall–Kier alpha value is -0.770. The minimum absolute atomic E-state index is 0. The second-order valence-corrected chi connectivity index (χ2v) is 5.28. The summed E-state index contributed by atoms with van der Waals surface area (Å²) in [6, 6.07) is 5.52. The molecule has 1 aromatic rings. The van der Waals surface area contributed by atoms with Gasteiger partial charge in [-0.15, -0.1) is 0 Å². The summed E-state index contributed by atoms with van der Waals surface area (Å²) in [5, 5.41) is 3.60. The van der Waals surface area contributed by atoms with Crippen molar-refractivity contribution in [3.8, 4) is 0 Å². The molecule has 0 saturated carbocycles. The van der Waals surface area contributed by atoms with E-state index in [1.165, 1.54) is 12.8 Å². The average molecular weight is 302 g/mol. The van der Waals surface area contributed by atoms with Crippen LogP contribution in [0.3, 0.4) is 0 Å². The van der Waals surface area contributed by atoms with Gasteiger partial charge >= 0.3 is 0 Å². The third kappa shape index (κ3) is 4.10. The second kappa shape index (κ2) is 7.13. The van der Waals surface area contributed by atoms with Crippen LogP contribution in [0.4, 0.5) is 5.69 Å². The highest BCUT2D eigenvalue weighted by Gasteiger charge is 2.23. The van der Waals surface area contributed by atoms with Gasteiger partial charge in [0.05, 0.1) is 6.04 Å². The summed E-state index contributed by atoms with van der Waals surface area (Å²) in [4.78, 5) is 14.3. The van der Waals surface area contributed by atoms with Crippen molar-refractivity contribution in [2.45, 2.75) is 32.7 Å². The number of halogens is 2. The van der Waals surface area contributed by atoms with Gasteiger partial charge in [-0.05, 0) is 57.5 Å². The van der Waals surface area contributed by atoms with Crippen LogP contribution in [-0.4, -0.2) is 29.9 Å². The van der Waals surface area contributed by atoms with E-state index in [9.17, 15) is 4.79 Å². The first-order valence-electron chi connectivity index (χ1n) is 6.39. The van der Waals surface area contributed by atoms with Crippen LogP contribution < -0.4 is 17.7 Å². The lowest BCUT2D eigenvalue weighted by Gasteiger charge is -2.22. The maximum Gasteiger partial charge on any atom is 0.241 e. The molecule has 106 valence electrons. The molecule has 1 aliphatic rings. The second-order valence-electron chi connectivity index (χ2n) is 4.87. The maximum absolute atomic E-state index is 12.1. The molecule has 1 aromatic carbocycles. The molecule has 0 radical (unpaired) electrons. The van der Waals surface area contributed by atoms with E-state index < -0.39 is 0 Å². The molecule has 0 spiro atoms. The van der Waals surface area contributed by atoms with Crippen LogP contribution in [0.5, 0.6) is 0 Å². The van der Waals surface area contributed by atoms with Gasteiger partial charge in [-0.25, -0.2) is 0 Å². The molecule has 0 bridgehead atoms. The highest BCUT2D eigenvalue weighted by molar-refractivity contribution is 6.31. The van der Waals surface area contributed by atoms with Crippen molar-refractivity contribution in [3.63, 3.8) is 0 Å². The third-order valence-electron chi connectivity index (χ3n) is 3.51. The van der Waals surface area contributed by atoms with E-state index in [2.05, 4.69) is 10.2 Å². The Morgan fingerprint density at radius 3 is 2.58 bits per heavy atom. The molecule has 0 aromatic heterocycles. The number of benzene rings is 1. The van der Waals surface area contributed by atoms with Crippen molar-refractivity contribution in [1.29, 1.82) is 0 Å². The van der Waals surface area contributed by atoms with Crippen LogP contribution in [0.2, 0.25) is 5.02 Å². The van der Waals surface area contributed by atoms with E-state index in [-0.39, 0.29) is 24.4 Å². The van der Waals surface area contributed by atoms with Gasteiger partial charge in [0.25, 0.3) is 0 Å². The van der Waals surface area contributed by atoms with Crippen LogP contribution in [-0.2, 0) is 4.79 Å². The van der Waals surface area contributed by atoms with Gasteiger partial charge in [0, 0.05) is 10.7 Å². The molecule has 3 nitrogen and oxygen atoms in total. The lowest BCUT2D eigenvalue weighted by Crippen LogP contribution is -3.00. The van der Waals surface area contributed by atoms with Crippen LogP contribution in [0.15, 0.2) is 18.2 Å². The third-order valence-corrected chi connectivity index (χ3v) is 3.91. The fourth-order valence-electron chi connectivity index (χ4n) is 2.21. The number of aryl methyl sites for hydroxylation is 1. The largest absolute Gasteiger partial charge is 1.00 e. The van der Waals surface area contributed by atoms with Gasteiger partial charge in [0.15, 0.2) is 0 Å². The number of carbonyl (C=O) groups is 1. The first kappa shape index (κ1) is 16.3. The zero-order valence-corrected chi connectivity index (χ0v) is 12.8. The number of amides is 1. The summed E-state index contributed by atoms with van der Waals surface area (Å²) in [5.41, 5.74) is 1.78. The highest BCUT2D eigenvalue weighted by Crippen LogP contribution is 2.20. The standard InChI is InChI=1S/C14H19ClN2O.ClH/c1-10-5-6-12(9-13(10)15)16-14(18)11(2)17-7-3-4-8-17;/h5-6,9,11H,3-4,7-8H2,1-2H3,(H,16,18);1H/p-1. The molecular weight excluding hydrogens is 283 g/mol. The molecule has 19 heavy (non-hydrogen) atoms. The summed E-state index contributed by atoms with van der Waals surface area (Å²) in [6.45, 7) is 5.93. The van der Waals surface area contributed by atoms with Crippen LogP contribution in [0.25, 0.3) is 0 Å². The fourth-order valence-corrected chi connectivity index (χ4v) is 2.39. The number of likely N-dealkylation sites (tertiary alicyclic amines) is 1. The molecule has 1 saturated heterocycles. The molecule has 1 amide bonds. The zero-order valence-electron chi connectivity index (χ0n) is 11.2. The van der Waals surface area contributed by atoms with Gasteiger partial charge in [-0.3, -0.25) is 9.69 Å². The zero-order chi connectivity index (χ0) is 13.1. The SMILES string of the molecule is Cc1ccc(NC(=O)C(C)N2CCCC2)cc1Cl.[Cl-]. The van der Waals surface area contributed by atoms with Crippen molar-refractivity contribution >= 4 is 23.2 Å². The first-order valence-corrected chi connectivity index (χ1v) is 6.77. The Balaban J connectivity index is 0.00000180. The quantitative estimate of drug-likeness (QED) is 0.857. The summed E-state index contributed by atoms with van der Waals surface area (Å²) in [5.74, 6) is 0.0387. The number of rotatable bonds is 3. The minimum Gasteiger partial charge on any atom is -1.00 e. The van der Waals surface area contributed by atoms with E-state index in [4.69, 9.17) is 11.6 Å². The van der Waals surface area contributed by atoms with Crippen LogP contribution >= 0.6 is 11.6 Å². The Morgan fingerprint density at radius 2 is 2.00 bits per heavy atom. The van der Waals surface area contributed by atoms with Crippen LogP contribution in [0, 0.1) is 6.92 Å². The number of nitrogens with zero attached hydrogens (tertiary/aromatic N) is 1. The smallest absolute Gasteiger partial charge is 0.241 e. The summed E-state index contributed by atoms with van der Waals surface area (Å²) in [6.07, 6.45) is 2.38. The monoisotopic (exact) mass is 301 g/mol. The Bertz CT molecular complexity index is 445. The number of nitrogens with one attached hydrogen (secondary N) is 1. The molecule has 1 N–H and O–H groups in total. The Morgan fingerprint density at radius 1 is 1.37 bits per heavy atom. The number of carbonyl (C=O) groups excluding carboxylic acids is 1. The van der Waals surface area contributed by atoms with Gasteiger partial charge < -0.3 is 17.7 Å². The predicted molar refractivity (Wildman–Crippen MR) is 75.1 cm³/mol.